The van der Waals surface area contributed by atoms with Crippen LogP contribution in [0.5, 0.6) is 0 Å². The third kappa shape index (κ3) is 3.35. The van der Waals surface area contributed by atoms with Crippen LogP contribution in [0.3, 0.4) is 0 Å². The molecule has 1 aliphatic heterocycles. The first-order chi connectivity index (χ1) is 15.2. The standard InChI is InChI=1S/C24H19F3N2O2S/c25-24(26,27)18-10-9-17-19(28)20(32-21(17)29-18)15-3-1-13(2-4-15)14-5-7-16(8-6-14)23(11-12-23)22(30)31/h1-10,18,29H,11-12,28H2,(H,30,31). The first-order valence-electron chi connectivity index (χ1n) is 10.1. The number of carbonyl (C=O) groups is 1. The normalized spacial score (nSPS) is 18.7. The summed E-state index contributed by atoms with van der Waals surface area (Å²) in [6.07, 6.45) is -0.530. The lowest BCUT2D eigenvalue weighted by Crippen LogP contribution is -2.35. The number of alkyl halides is 3. The van der Waals surface area contributed by atoms with Crippen molar-refractivity contribution in [1.82, 2.24) is 0 Å². The van der Waals surface area contributed by atoms with Gasteiger partial charge >= 0.3 is 12.1 Å². The molecule has 32 heavy (non-hydrogen) atoms. The van der Waals surface area contributed by atoms with Crippen molar-refractivity contribution in [3.63, 3.8) is 0 Å². The molecule has 0 spiro atoms. The molecular formula is C24H19F3N2O2S. The lowest BCUT2D eigenvalue weighted by Gasteiger charge is -2.22. The topological polar surface area (TPSA) is 75.4 Å². The molecule has 1 fully saturated rings. The van der Waals surface area contributed by atoms with Crippen LogP contribution in [0, 0.1) is 0 Å². The van der Waals surface area contributed by atoms with Crippen LogP contribution in [-0.4, -0.2) is 23.3 Å². The fraction of sp³-hybridized carbons (Fsp3) is 0.208. The Bertz CT molecular complexity index is 1220. The van der Waals surface area contributed by atoms with Gasteiger partial charge in [-0.05, 0) is 35.1 Å². The Labute approximate surface area is 186 Å². The molecule has 2 heterocycles. The third-order valence-electron chi connectivity index (χ3n) is 6.16. The highest BCUT2D eigenvalue weighted by atomic mass is 32.1. The van der Waals surface area contributed by atoms with E-state index < -0.39 is 23.6 Å². The average Bonchev–Trinajstić information content (AvgIpc) is 3.53. The van der Waals surface area contributed by atoms with E-state index in [0.717, 1.165) is 28.3 Å². The molecule has 1 atom stereocenters. The minimum Gasteiger partial charge on any atom is -0.481 e. The van der Waals surface area contributed by atoms with E-state index in [0.29, 0.717) is 34.0 Å². The number of thiophene rings is 1. The first-order valence-corrected chi connectivity index (χ1v) is 10.9. The van der Waals surface area contributed by atoms with Gasteiger partial charge in [0.05, 0.1) is 21.0 Å². The third-order valence-corrected chi connectivity index (χ3v) is 7.36. The van der Waals surface area contributed by atoms with Crippen LogP contribution in [0.4, 0.5) is 23.9 Å². The number of rotatable bonds is 4. The van der Waals surface area contributed by atoms with E-state index in [1.165, 1.54) is 17.4 Å². The molecule has 1 unspecified atom stereocenters. The van der Waals surface area contributed by atoms with E-state index in [2.05, 4.69) is 5.32 Å². The van der Waals surface area contributed by atoms with Crippen LogP contribution in [0.1, 0.15) is 24.0 Å². The molecule has 0 bridgehead atoms. The maximum atomic E-state index is 13.0. The van der Waals surface area contributed by atoms with Gasteiger partial charge < -0.3 is 16.2 Å². The molecule has 2 aliphatic rings. The number of nitrogens with one attached hydrogen (secondary N) is 1. The average molecular weight is 456 g/mol. The highest BCUT2D eigenvalue weighted by Gasteiger charge is 2.51. The second kappa shape index (κ2) is 7.13. The Morgan fingerprint density at radius 2 is 1.59 bits per heavy atom. The summed E-state index contributed by atoms with van der Waals surface area (Å²) in [5.41, 5.74) is 10.1. The van der Waals surface area contributed by atoms with E-state index in [1.807, 2.05) is 48.5 Å². The van der Waals surface area contributed by atoms with Gasteiger partial charge in [-0.3, -0.25) is 4.79 Å². The Morgan fingerprint density at radius 3 is 2.12 bits per heavy atom. The van der Waals surface area contributed by atoms with Crippen LogP contribution in [0.2, 0.25) is 0 Å². The number of aliphatic carboxylic acids is 1. The number of hydrogen-bond donors (Lipinski definition) is 3. The maximum absolute atomic E-state index is 13.0. The van der Waals surface area contributed by atoms with E-state index in [1.54, 1.807) is 0 Å². The van der Waals surface area contributed by atoms with Crippen molar-refractivity contribution in [1.29, 1.82) is 0 Å². The highest BCUT2D eigenvalue weighted by molar-refractivity contribution is 7.20. The number of carboxylic acid groups (broad SMARTS) is 1. The van der Waals surface area contributed by atoms with E-state index in [9.17, 15) is 23.1 Å². The molecule has 1 saturated carbocycles. The number of nitrogen functional groups attached to an aromatic ring is 1. The smallest absolute Gasteiger partial charge is 0.412 e. The number of nitrogens with two attached hydrogens (primary N) is 1. The van der Waals surface area contributed by atoms with Crippen LogP contribution < -0.4 is 11.1 Å². The summed E-state index contributed by atoms with van der Waals surface area (Å²) < 4.78 is 39.1. The van der Waals surface area contributed by atoms with Crippen molar-refractivity contribution in [2.24, 2.45) is 0 Å². The van der Waals surface area contributed by atoms with Gasteiger partial charge in [-0.2, -0.15) is 13.2 Å². The number of hydrogen-bond acceptors (Lipinski definition) is 4. The predicted molar refractivity (Wildman–Crippen MR) is 121 cm³/mol. The highest BCUT2D eigenvalue weighted by Crippen LogP contribution is 2.49. The lowest BCUT2D eigenvalue weighted by molar-refractivity contribution is -0.140. The molecule has 0 amide bonds. The number of fused-ring (bicyclic) bond motifs is 1. The monoisotopic (exact) mass is 456 g/mol. The molecule has 1 aliphatic carbocycles. The van der Waals surface area contributed by atoms with Gasteiger partial charge in [0.15, 0.2) is 0 Å². The zero-order valence-corrected chi connectivity index (χ0v) is 17.6. The van der Waals surface area contributed by atoms with Gasteiger partial charge in [-0.1, -0.05) is 60.7 Å². The summed E-state index contributed by atoms with van der Waals surface area (Å²) in [6, 6.07) is 13.5. The Balaban J connectivity index is 1.39. The summed E-state index contributed by atoms with van der Waals surface area (Å²) in [6.45, 7) is 0. The molecule has 4 nitrogen and oxygen atoms in total. The van der Waals surface area contributed by atoms with Crippen molar-refractivity contribution in [3.05, 3.63) is 65.7 Å². The SMILES string of the molecule is Nc1c(-c2ccc(-c3ccc(C4(C(=O)O)CC4)cc3)cc2)sc2c1C=CC(C(F)(F)F)N2. The maximum Gasteiger partial charge on any atom is 0.412 e. The fourth-order valence-electron chi connectivity index (χ4n) is 4.06. The van der Waals surface area contributed by atoms with Gasteiger partial charge in [0.1, 0.15) is 6.04 Å². The second-order valence-corrected chi connectivity index (χ2v) is 9.17. The van der Waals surface area contributed by atoms with Crippen molar-refractivity contribution in [2.75, 3.05) is 11.1 Å². The summed E-state index contributed by atoms with van der Waals surface area (Å²) in [7, 11) is 0. The summed E-state index contributed by atoms with van der Waals surface area (Å²) in [5, 5.41) is 12.4. The van der Waals surface area contributed by atoms with Crippen LogP contribution in [-0.2, 0) is 10.2 Å². The molecule has 3 aromatic rings. The largest absolute Gasteiger partial charge is 0.481 e. The molecule has 164 valence electrons. The lowest BCUT2D eigenvalue weighted by atomic mass is 9.93. The van der Waals surface area contributed by atoms with Gasteiger partial charge in [0, 0.05) is 5.56 Å². The van der Waals surface area contributed by atoms with Crippen LogP contribution in [0.25, 0.3) is 27.6 Å². The summed E-state index contributed by atoms with van der Waals surface area (Å²) in [5.74, 6) is -0.781. The number of carboxylic acids is 1. The Morgan fingerprint density at radius 1 is 1.03 bits per heavy atom. The summed E-state index contributed by atoms with van der Waals surface area (Å²) >= 11 is 1.21. The van der Waals surface area contributed by atoms with Gasteiger partial charge in [0.2, 0.25) is 0 Å². The van der Waals surface area contributed by atoms with Gasteiger partial charge in [0.25, 0.3) is 0 Å². The Hall–Kier alpha value is -3.26. The van der Waals surface area contributed by atoms with Gasteiger partial charge in [-0.15, -0.1) is 11.3 Å². The van der Waals surface area contributed by atoms with Crippen molar-refractivity contribution < 1.29 is 23.1 Å². The molecule has 1 aromatic heterocycles. The minimum atomic E-state index is -4.37. The van der Waals surface area contributed by atoms with Crippen molar-refractivity contribution in [3.8, 4) is 21.6 Å². The van der Waals surface area contributed by atoms with E-state index in [4.69, 9.17) is 5.73 Å². The molecule has 8 heteroatoms. The second-order valence-electron chi connectivity index (χ2n) is 8.15. The number of anilines is 2. The van der Waals surface area contributed by atoms with Gasteiger partial charge in [-0.25, -0.2) is 0 Å². The van der Waals surface area contributed by atoms with Crippen LogP contribution in [0.15, 0.2) is 54.6 Å². The zero-order valence-electron chi connectivity index (χ0n) is 16.7. The van der Waals surface area contributed by atoms with E-state index >= 15 is 0 Å². The van der Waals surface area contributed by atoms with E-state index in [-0.39, 0.29) is 0 Å². The number of benzene rings is 2. The Kier molecular flexibility index (Phi) is 4.60. The quantitative estimate of drug-likeness (QED) is 0.440. The zero-order chi connectivity index (χ0) is 22.7. The molecule has 5 rings (SSSR count). The summed E-state index contributed by atoms with van der Waals surface area (Å²) in [4.78, 5) is 12.2. The minimum absolute atomic E-state index is 0.412. The van der Waals surface area contributed by atoms with Crippen molar-refractivity contribution >= 4 is 34.1 Å². The molecule has 2 aromatic carbocycles. The van der Waals surface area contributed by atoms with Crippen molar-refractivity contribution in [2.45, 2.75) is 30.5 Å². The molecule has 0 saturated heterocycles. The first kappa shape index (κ1) is 20.6. The molecular weight excluding hydrogens is 437 g/mol. The number of halogens is 3. The molecule has 4 N–H and O–H groups in total. The fourth-order valence-corrected chi connectivity index (χ4v) is 5.22. The van der Waals surface area contributed by atoms with Crippen LogP contribution >= 0.6 is 11.3 Å². The molecule has 0 radical (unpaired) electrons. The predicted octanol–water partition coefficient (Wildman–Crippen LogP) is 6.15.